The Balaban J connectivity index is 3.44. The molecule has 0 amide bonds. The van der Waals surface area contributed by atoms with E-state index in [1.807, 2.05) is 0 Å². The highest BCUT2D eigenvalue weighted by Gasteiger charge is 2.02. The average Bonchev–Trinajstić information content (AvgIpc) is 2.20. The summed E-state index contributed by atoms with van der Waals surface area (Å²) in [6.07, 6.45) is 4.99. The first-order valence-corrected chi connectivity index (χ1v) is 6.69. The predicted molar refractivity (Wildman–Crippen MR) is 72.8 cm³/mol. The third kappa shape index (κ3) is 10.4. The van der Waals surface area contributed by atoms with Crippen LogP contribution in [0.1, 0.15) is 39.5 Å². The van der Waals surface area contributed by atoms with Gasteiger partial charge >= 0.3 is 0 Å². The lowest BCUT2D eigenvalue weighted by Crippen LogP contribution is -2.28. The molecule has 0 radical (unpaired) electrons. The molecule has 0 aromatic rings. The van der Waals surface area contributed by atoms with Crippen molar-refractivity contribution in [2.45, 2.75) is 45.6 Å². The van der Waals surface area contributed by atoms with Crippen LogP contribution in [-0.2, 0) is 0 Å². The molecule has 0 aliphatic carbocycles. The van der Waals surface area contributed by atoms with Crippen molar-refractivity contribution >= 4 is 0 Å². The van der Waals surface area contributed by atoms with E-state index in [9.17, 15) is 0 Å². The van der Waals surface area contributed by atoms with Crippen molar-refractivity contribution in [3.63, 3.8) is 0 Å². The lowest BCUT2D eigenvalue weighted by atomic mass is 10.1. The molecule has 98 valence electrons. The summed E-state index contributed by atoms with van der Waals surface area (Å²) in [6.45, 7) is 9.17. The van der Waals surface area contributed by atoms with Crippen LogP contribution in [0.4, 0.5) is 0 Å². The second-order valence-electron chi connectivity index (χ2n) is 5.06. The maximum atomic E-state index is 5.74. The second-order valence-corrected chi connectivity index (χ2v) is 5.06. The summed E-state index contributed by atoms with van der Waals surface area (Å²) in [5.41, 5.74) is 5.74. The van der Waals surface area contributed by atoms with Crippen LogP contribution in [-0.4, -0.2) is 56.1 Å². The van der Waals surface area contributed by atoms with E-state index in [4.69, 9.17) is 5.73 Å². The van der Waals surface area contributed by atoms with Crippen molar-refractivity contribution < 1.29 is 0 Å². The Hall–Kier alpha value is -0.120. The maximum absolute atomic E-state index is 5.74. The maximum Gasteiger partial charge on any atom is 0.00104 e. The molecule has 1 unspecified atom stereocenters. The molecule has 0 aromatic heterocycles. The summed E-state index contributed by atoms with van der Waals surface area (Å²) in [5, 5.41) is 0. The predicted octanol–water partition coefficient (Wildman–Crippen LogP) is 1.78. The van der Waals surface area contributed by atoms with E-state index in [0.717, 1.165) is 6.42 Å². The fourth-order valence-corrected chi connectivity index (χ4v) is 1.84. The molecule has 0 spiro atoms. The Kier molecular flexibility index (Phi) is 9.99. The highest BCUT2D eigenvalue weighted by Crippen LogP contribution is 2.02. The van der Waals surface area contributed by atoms with Gasteiger partial charge in [0.2, 0.25) is 0 Å². The van der Waals surface area contributed by atoms with Crippen molar-refractivity contribution in [1.82, 2.24) is 9.80 Å². The minimum absolute atomic E-state index is 0.365. The lowest BCUT2D eigenvalue weighted by Gasteiger charge is -2.21. The molecule has 0 saturated carbocycles. The van der Waals surface area contributed by atoms with E-state index < -0.39 is 0 Å². The standard InChI is InChI=1S/C13H31N3/c1-5-16(12-8-10-15(3)4)11-7-6-9-13(2)14/h13H,5-12,14H2,1-4H3. The number of rotatable bonds is 10. The summed E-state index contributed by atoms with van der Waals surface area (Å²) in [4.78, 5) is 4.80. The largest absolute Gasteiger partial charge is 0.328 e. The molecule has 2 N–H and O–H groups in total. The monoisotopic (exact) mass is 229 g/mol. The zero-order valence-corrected chi connectivity index (χ0v) is 11.7. The van der Waals surface area contributed by atoms with Gasteiger partial charge < -0.3 is 15.5 Å². The van der Waals surface area contributed by atoms with Gasteiger partial charge in [0.25, 0.3) is 0 Å². The highest BCUT2D eigenvalue weighted by atomic mass is 15.1. The summed E-state index contributed by atoms with van der Waals surface area (Å²) in [6, 6.07) is 0.365. The molecule has 1 atom stereocenters. The Labute approximate surface area is 102 Å². The summed E-state index contributed by atoms with van der Waals surface area (Å²) >= 11 is 0. The quantitative estimate of drug-likeness (QED) is 0.580. The topological polar surface area (TPSA) is 32.5 Å². The molecule has 0 aliphatic heterocycles. The molecule has 16 heavy (non-hydrogen) atoms. The number of hydrogen-bond acceptors (Lipinski definition) is 3. The first kappa shape index (κ1) is 15.9. The van der Waals surface area contributed by atoms with Gasteiger partial charge in [-0.1, -0.05) is 13.3 Å². The van der Waals surface area contributed by atoms with Crippen LogP contribution in [0.25, 0.3) is 0 Å². The first-order chi connectivity index (χ1) is 7.56. The lowest BCUT2D eigenvalue weighted by molar-refractivity contribution is 0.260. The van der Waals surface area contributed by atoms with E-state index in [-0.39, 0.29) is 0 Å². The number of hydrogen-bond donors (Lipinski definition) is 1. The molecule has 0 saturated heterocycles. The SMILES string of the molecule is CCN(CCCCC(C)N)CCCN(C)C. The van der Waals surface area contributed by atoms with E-state index in [2.05, 4.69) is 37.7 Å². The van der Waals surface area contributed by atoms with Gasteiger partial charge in [0.05, 0.1) is 0 Å². The zero-order valence-electron chi connectivity index (χ0n) is 11.7. The molecule has 0 aliphatic rings. The van der Waals surface area contributed by atoms with Crippen LogP contribution in [0.5, 0.6) is 0 Å². The summed E-state index contributed by atoms with van der Waals surface area (Å²) < 4.78 is 0. The van der Waals surface area contributed by atoms with Gasteiger partial charge in [0, 0.05) is 6.04 Å². The molecule has 0 bridgehead atoms. The fourth-order valence-electron chi connectivity index (χ4n) is 1.84. The molecule has 3 nitrogen and oxygen atoms in total. The Bertz CT molecular complexity index is 146. The van der Waals surface area contributed by atoms with Crippen LogP contribution in [0.3, 0.4) is 0 Å². The Morgan fingerprint density at radius 2 is 1.62 bits per heavy atom. The molecule has 0 rings (SSSR count). The average molecular weight is 229 g/mol. The van der Waals surface area contributed by atoms with Gasteiger partial charge in [-0.15, -0.1) is 0 Å². The van der Waals surface area contributed by atoms with E-state index >= 15 is 0 Å². The smallest absolute Gasteiger partial charge is 0.00104 e. The molecule has 0 aromatic carbocycles. The van der Waals surface area contributed by atoms with Crippen molar-refractivity contribution in [3.05, 3.63) is 0 Å². The second kappa shape index (κ2) is 10.1. The Morgan fingerprint density at radius 1 is 1.00 bits per heavy atom. The number of unbranched alkanes of at least 4 members (excludes halogenated alkanes) is 1. The van der Waals surface area contributed by atoms with Crippen molar-refractivity contribution in [1.29, 1.82) is 0 Å². The minimum Gasteiger partial charge on any atom is -0.328 e. The van der Waals surface area contributed by atoms with Crippen molar-refractivity contribution in [3.8, 4) is 0 Å². The summed E-state index contributed by atoms with van der Waals surface area (Å²) in [7, 11) is 4.28. The Morgan fingerprint density at radius 3 is 2.12 bits per heavy atom. The van der Waals surface area contributed by atoms with Crippen molar-refractivity contribution in [2.75, 3.05) is 40.3 Å². The molecular weight excluding hydrogens is 198 g/mol. The van der Waals surface area contributed by atoms with Crippen molar-refractivity contribution in [2.24, 2.45) is 5.73 Å². The van der Waals surface area contributed by atoms with Crippen LogP contribution in [0.2, 0.25) is 0 Å². The van der Waals surface area contributed by atoms with E-state index in [1.165, 1.54) is 45.4 Å². The highest BCUT2D eigenvalue weighted by molar-refractivity contribution is 4.59. The van der Waals surface area contributed by atoms with Crippen LogP contribution in [0.15, 0.2) is 0 Å². The third-order valence-corrected chi connectivity index (χ3v) is 2.91. The molecule has 0 heterocycles. The van der Waals surface area contributed by atoms with Gasteiger partial charge in [-0.3, -0.25) is 0 Å². The third-order valence-electron chi connectivity index (χ3n) is 2.91. The molecular formula is C13H31N3. The van der Waals surface area contributed by atoms with E-state index in [0.29, 0.717) is 6.04 Å². The molecule has 0 fully saturated rings. The van der Waals surface area contributed by atoms with Crippen LogP contribution < -0.4 is 5.73 Å². The van der Waals surface area contributed by atoms with Gasteiger partial charge in [0.15, 0.2) is 0 Å². The minimum atomic E-state index is 0.365. The van der Waals surface area contributed by atoms with Gasteiger partial charge in [-0.05, 0) is 66.5 Å². The van der Waals surface area contributed by atoms with Gasteiger partial charge in [-0.2, -0.15) is 0 Å². The van der Waals surface area contributed by atoms with Gasteiger partial charge in [0.1, 0.15) is 0 Å². The number of nitrogens with zero attached hydrogens (tertiary/aromatic N) is 2. The van der Waals surface area contributed by atoms with Crippen LogP contribution in [0, 0.1) is 0 Å². The van der Waals surface area contributed by atoms with Crippen LogP contribution >= 0.6 is 0 Å². The van der Waals surface area contributed by atoms with Gasteiger partial charge in [-0.25, -0.2) is 0 Å². The number of nitrogens with two attached hydrogens (primary N) is 1. The molecule has 3 heteroatoms. The fraction of sp³-hybridized carbons (Fsp3) is 1.00. The normalized spacial score (nSPS) is 13.7. The first-order valence-electron chi connectivity index (χ1n) is 6.69. The zero-order chi connectivity index (χ0) is 12.4. The van der Waals surface area contributed by atoms with E-state index in [1.54, 1.807) is 0 Å². The summed E-state index contributed by atoms with van der Waals surface area (Å²) in [5.74, 6) is 0.